The van der Waals surface area contributed by atoms with Crippen molar-refractivity contribution in [2.24, 2.45) is 0 Å². The lowest BCUT2D eigenvalue weighted by Gasteiger charge is -2.27. The molecule has 0 unspecified atom stereocenters. The van der Waals surface area contributed by atoms with Crippen molar-refractivity contribution in [3.05, 3.63) is 83.7 Å². The monoisotopic (exact) mass is 760 g/mol. The molecule has 3 aromatic rings. The van der Waals surface area contributed by atoms with Crippen LogP contribution in [-0.2, 0) is 9.47 Å². The number of rotatable bonds is 22. The molecule has 0 aliphatic carbocycles. The van der Waals surface area contributed by atoms with Gasteiger partial charge in [-0.2, -0.15) is 30.7 Å². The van der Waals surface area contributed by atoms with Gasteiger partial charge in [0.2, 0.25) is 0 Å². The average Bonchev–Trinajstić information content (AvgIpc) is 3.11. The Morgan fingerprint density at radius 3 is 1.85 bits per heavy atom. The summed E-state index contributed by atoms with van der Waals surface area (Å²) in [4.78, 5) is 25.2. The number of hydrogen-bond donors (Lipinski definition) is 0. The van der Waals surface area contributed by atoms with Crippen LogP contribution in [0.3, 0.4) is 0 Å². The van der Waals surface area contributed by atoms with E-state index < -0.39 is 43.0 Å². The lowest BCUT2D eigenvalue weighted by molar-refractivity contribution is -0.361. The predicted octanol–water partition coefficient (Wildman–Crippen LogP) is 11.4. The van der Waals surface area contributed by atoms with Crippen molar-refractivity contribution in [1.82, 2.24) is 0 Å². The van der Waals surface area contributed by atoms with Crippen LogP contribution in [-0.4, -0.2) is 55.9 Å². The van der Waals surface area contributed by atoms with Gasteiger partial charge < -0.3 is 18.9 Å². The minimum absolute atomic E-state index is 0.0428. The van der Waals surface area contributed by atoms with Gasteiger partial charge in [0.15, 0.2) is 11.6 Å². The molecule has 0 heterocycles. The number of benzene rings is 3. The van der Waals surface area contributed by atoms with Crippen molar-refractivity contribution in [3.8, 4) is 22.6 Å². The Bertz CT molecular complexity index is 1580. The molecule has 6 nitrogen and oxygen atoms in total. The Kier molecular flexibility index (Phi) is 16.6. The third-order valence-corrected chi connectivity index (χ3v) is 8.25. The molecule has 0 radical (unpaired) electrons. The van der Waals surface area contributed by atoms with Gasteiger partial charge in [0.1, 0.15) is 12.4 Å². The van der Waals surface area contributed by atoms with E-state index in [1.165, 1.54) is 12.1 Å². The third-order valence-electron chi connectivity index (χ3n) is 8.25. The fourth-order valence-electron chi connectivity index (χ4n) is 5.11. The molecule has 1 atom stereocenters. The van der Waals surface area contributed by atoms with Crippen molar-refractivity contribution in [3.63, 3.8) is 0 Å². The molecule has 3 aromatic carbocycles. The molecule has 0 N–H and O–H groups in total. The summed E-state index contributed by atoms with van der Waals surface area (Å²) in [5.41, 5.74) is 2.06. The molecule has 0 fully saturated rings. The molecule has 0 amide bonds. The minimum atomic E-state index is -6.39. The molecule has 3 rings (SSSR count). The normalized spacial score (nSPS) is 12.7. The summed E-state index contributed by atoms with van der Waals surface area (Å²) in [5, 5.41) is 0. The van der Waals surface area contributed by atoms with Crippen LogP contribution in [0.1, 0.15) is 98.8 Å². The Labute approximate surface area is 303 Å². The van der Waals surface area contributed by atoms with E-state index in [1.807, 2.05) is 6.92 Å². The van der Waals surface area contributed by atoms with Crippen LogP contribution >= 0.6 is 0 Å². The highest BCUT2D eigenvalue weighted by Crippen LogP contribution is 2.46. The van der Waals surface area contributed by atoms with Gasteiger partial charge in [-0.1, -0.05) is 69.7 Å². The van der Waals surface area contributed by atoms with Gasteiger partial charge in [-0.25, -0.2) is 14.0 Å². The van der Waals surface area contributed by atoms with E-state index in [1.54, 1.807) is 48.5 Å². The molecule has 0 saturated heterocycles. The quantitative estimate of drug-likeness (QED) is 0.0440. The number of alkyl halides is 7. The smallest absolute Gasteiger partial charge is 0.459 e. The van der Waals surface area contributed by atoms with Gasteiger partial charge in [-0.05, 0) is 86.2 Å². The maximum absolute atomic E-state index is 14.6. The summed E-state index contributed by atoms with van der Waals surface area (Å²) in [5.74, 6) is -13.4. The van der Waals surface area contributed by atoms with Gasteiger partial charge in [0.05, 0.1) is 23.8 Å². The zero-order valence-electron chi connectivity index (χ0n) is 29.6. The maximum Gasteiger partial charge on any atom is 0.459 e. The van der Waals surface area contributed by atoms with Gasteiger partial charge in [0, 0.05) is 6.61 Å². The van der Waals surface area contributed by atoms with Crippen LogP contribution in [0.4, 0.5) is 35.1 Å². The Hall–Kier alpha value is -4.20. The molecule has 0 bridgehead atoms. The van der Waals surface area contributed by atoms with E-state index in [4.69, 9.17) is 14.2 Å². The van der Waals surface area contributed by atoms with Gasteiger partial charge in [0.25, 0.3) is 0 Å². The van der Waals surface area contributed by atoms with E-state index in [0.717, 1.165) is 49.3 Å². The van der Waals surface area contributed by atoms with E-state index >= 15 is 0 Å². The number of carbonyl (C=O) groups is 2. The molecule has 292 valence electrons. The fourth-order valence-corrected chi connectivity index (χ4v) is 5.11. The predicted molar refractivity (Wildman–Crippen MR) is 182 cm³/mol. The number of halogens is 8. The van der Waals surface area contributed by atoms with Crippen LogP contribution in [0, 0.1) is 5.82 Å². The summed E-state index contributed by atoms with van der Waals surface area (Å²) in [7, 11) is 0. The second-order valence-electron chi connectivity index (χ2n) is 12.6. The summed E-state index contributed by atoms with van der Waals surface area (Å²) < 4.78 is 124. The van der Waals surface area contributed by atoms with Crippen LogP contribution in [0.15, 0.2) is 66.7 Å². The first kappa shape index (κ1) is 43.2. The maximum atomic E-state index is 14.6. The molecule has 0 spiro atoms. The topological polar surface area (TPSA) is 71.1 Å². The lowest BCUT2D eigenvalue weighted by Crippen LogP contribution is -2.54. The van der Waals surface area contributed by atoms with Gasteiger partial charge in [-0.3, -0.25) is 0 Å². The van der Waals surface area contributed by atoms with Crippen molar-refractivity contribution in [2.45, 2.75) is 102 Å². The zero-order valence-corrected chi connectivity index (χ0v) is 29.6. The fraction of sp³-hybridized carbons (Fsp3) is 0.487. The van der Waals surface area contributed by atoms with E-state index in [0.29, 0.717) is 31.2 Å². The van der Waals surface area contributed by atoms with Gasteiger partial charge in [-0.15, -0.1) is 0 Å². The van der Waals surface area contributed by atoms with E-state index in [2.05, 4.69) is 11.7 Å². The van der Waals surface area contributed by atoms with Crippen molar-refractivity contribution in [2.75, 3.05) is 19.8 Å². The molecule has 0 aliphatic heterocycles. The largest absolute Gasteiger partial charge is 0.491 e. The zero-order chi connectivity index (χ0) is 39.1. The standard InChI is InChI=1S/C39H44F8O6/c1-3-4-5-9-12-27(2)52-35(48)30-15-13-28(14-16-30)29-17-20-32(21-18-29)53-36(49)31-19-22-34(33(40)25-31)51-24-11-8-6-7-10-23-50-26-37(41,42)38(43,44)39(45,46)47/h13-22,25,27H,3-12,23-24,26H2,1-2H3/t27-/m1/s1. The van der Waals surface area contributed by atoms with Crippen LogP contribution in [0.2, 0.25) is 0 Å². The second-order valence-corrected chi connectivity index (χ2v) is 12.6. The summed E-state index contributed by atoms with van der Waals surface area (Å²) >= 11 is 0. The molecule has 0 aliphatic rings. The van der Waals surface area contributed by atoms with Crippen LogP contribution in [0.5, 0.6) is 11.5 Å². The highest BCUT2D eigenvalue weighted by Gasteiger charge is 2.73. The number of hydrogen-bond acceptors (Lipinski definition) is 6. The van der Waals surface area contributed by atoms with Crippen LogP contribution in [0.25, 0.3) is 11.1 Å². The molecule has 0 saturated carbocycles. The summed E-state index contributed by atoms with van der Waals surface area (Å²) in [6.45, 7) is 1.68. The second kappa shape index (κ2) is 20.3. The highest BCUT2D eigenvalue weighted by molar-refractivity contribution is 5.91. The van der Waals surface area contributed by atoms with Crippen molar-refractivity contribution < 1.29 is 63.7 Å². The summed E-state index contributed by atoms with van der Waals surface area (Å²) in [6.07, 6.45) is 0.901. The van der Waals surface area contributed by atoms with Crippen molar-refractivity contribution >= 4 is 11.9 Å². The Balaban J connectivity index is 1.36. The van der Waals surface area contributed by atoms with E-state index in [9.17, 15) is 44.7 Å². The average molecular weight is 761 g/mol. The Morgan fingerprint density at radius 1 is 0.679 bits per heavy atom. The van der Waals surface area contributed by atoms with Crippen molar-refractivity contribution in [1.29, 1.82) is 0 Å². The molecular weight excluding hydrogens is 716 g/mol. The lowest BCUT2D eigenvalue weighted by atomic mass is 10.0. The molecule has 14 heteroatoms. The number of ether oxygens (including phenoxy) is 4. The highest BCUT2D eigenvalue weighted by atomic mass is 19.4. The first-order chi connectivity index (χ1) is 25.1. The number of esters is 2. The number of unbranched alkanes of at least 4 members (excludes halogenated alkanes) is 7. The van der Waals surface area contributed by atoms with Gasteiger partial charge >= 0.3 is 30.0 Å². The first-order valence-electron chi connectivity index (χ1n) is 17.5. The molecule has 0 aromatic heterocycles. The summed E-state index contributed by atoms with van der Waals surface area (Å²) in [6, 6.07) is 17.3. The third kappa shape index (κ3) is 13.3. The molecular formula is C39H44F8O6. The first-order valence-corrected chi connectivity index (χ1v) is 17.5. The SMILES string of the molecule is CCCCCC[C@@H](C)OC(=O)c1ccc(-c2ccc(OC(=O)c3ccc(OCCCCCCCOCC(F)(F)C(F)(F)C(F)(F)F)c(F)c3)cc2)cc1. The van der Waals surface area contributed by atoms with Crippen LogP contribution < -0.4 is 9.47 Å². The molecule has 53 heavy (non-hydrogen) atoms. The number of carbonyl (C=O) groups excluding carboxylic acids is 2. The Morgan fingerprint density at radius 2 is 1.25 bits per heavy atom. The van der Waals surface area contributed by atoms with E-state index in [-0.39, 0.29) is 42.2 Å². The minimum Gasteiger partial charge on any atom is -0.491 e.